The van der Waals surface area contributed by atoms with Gasteiger partial charge < -0.3 is 25.0 Å². The molecule has 5 aromatic rings. The SMILES string of the molecule is CC(CCO)c1nc(-c2ccc(F)c(OCCN3CCOCC3)c2)c2cnc(Nc3ccnc(-c4c[nH]n(C)c4=O)n3)cn12. The molecule has 4 aromatic heterocycles. The summed E-state index contributed by atoms with van der Waals surface area (Å²) in [5.41, 5.74) is 2.13. The van der Waals surface area contributed by atoms with E-state index in [-0.39, 0.29) is 29.7 Å². The first-order valence-electron chi connectivity index (χ1n) is 14.5. The average Bonchev–Trinajstić information content (AvgIpc) is 3.58. The van der Waals surface area contributed by atoms with Gasteiger partial charge in [0, 0.05) is 57.2 Å². The van der Waals surface area contributed by atoms with Crippen LogP contribution in [-0.4, -0.2) is 90.2 Å². The van der Waals surface area contributed by atoms with Crippen molar-refractivity contribution < 1.29 is 19.0 Å². The van der Waals surface area contributed by atoms with Gasteiger partial charge >= 0.3 is 0 Å². The fraction of sp³-hybridized carbons (Fsp3) is 0.367. The van der Waals surface area contributed by atoms with Crippen molar-refractivity contribution in [3.63, 3.8) is 0 Å². The number of morpholine rings is 1. The van der Waals surface area contributed by atoms with E-state index in [0.29, 0.717) is 72.6 Å². The number of rotatable bonds is 11. The van der Waals surface area contributed by atoms with E-state index in [2.05, 4.69) is 30.3 Å². The van der Waals surface area contributed by atoms with E-state index in [1.807, 2.05) is 11.3 Å². The molecule has 230 valence electrons. The minimum atomic E-state index is -0.445. The molecule has 1 aliphatic rings. The lowest BCUT2D eigenvalue weighted by Crippen LogP contribution is -2.38. The molecule has 0 saturated carbocycles. The van der Waals surface area contributed by atoms with Gasteiger partial charge in [0.25, 0.3) is 5.56 Å². The number of nitrogens with zero attached hydrogens (tertiary/aromatic N) is 7. The van der Waals surface area contributed by atoms with Crippen LogP contribution in [0, 0.1) is 5.82 Å². The number of hydrogen-bond acceptors (Lipinski definition) is 10. The smallest absolute Gasteiger partial charge is 0.277 e. The summed E-state index contributed by atoms with van der Waals surface area (Å²) < 4.78 is 29.3. The predicted octanol–water partition coefficient (Wildman–Crippen LogP) is 2.96. The number of halogens is 1. The number of anilines is 2. The van der Waals surface area contributed by atoms with Gasteiger partial charge in [-0.3, -0.25) is 18.8 Å². The molecule has 1 atom stereocenters. The lowest BCUT2D eigenvalue weighted by Gasteiger charge is -2.26. The van der Waals surface area contributed by atoms with E-state index < -0.39 is 5.82 Å². The van der Waals surface area contributed by atoms with Crippen molar-refractivity contribution in [2.45, 2.75) is 19.3 Å². The number of aliphatic hydroxyl groups excluding tert-OH is 1. The van der Waals surface area contributed by atoms with Crippen LogP contribution >= 0.6 is 0 Å². The highest BCUT2D eigenvalue weighted by Crippen LogP contribution is 2.32. The highest BCUT2D eigenvalue weighted by atomic mass is 19.1. The van der Waals surface area contributed by atoms with Crippen LogP contribution in [0.5, 0.6) is 5.75 Å². The second-order valence-corrected chi connectivity index (χ2v) is 10.6. The Bertz CT molecular complexity index is 1810. The normalized spacial score (nSPS) is 14.6. The molecule has 1 saturated heterocycles. The van der Waals surface area contributed by atoms with E-state index in [1.165, 1.54) is 10.7 Å². The van der Waals surface area contributed by atoms with Gasteiger partial charge in [0.2, 0.25) is 0 Å². The Labute approximate surface area is 252 Å². The first-order valence-corrected chi connectivity index (χ1v) is 14.5. The molecule has 0 bridgehead atoms. The Morgan fingerprint density at radius 2 is 2.02 bits per heavy atom. The molecule has 0 aliphatic carbocycles. The molecule has 1 aromatic carbocycles. The molecule has 0 spiro atoms. The summed E-state index contributed by atoms with van der Waals surface area (Å²) in [6.45, 7) is 6.06. The molecule has 5 heterocycles. The predicted molar refractivity (Wildman–Crippen MR) is 162 cm³/mol. The number of aromatic nitrogens is 7. The van der Waals surface area contributed by atoms with E-state index in [9.17, 15) is 14.3 Å². The summed E-state index contributed by atoms with van der Waals surface area (Å²) in [6, 6.07) is 6.40. The Kier molecular flexibility index (Phi) is 8.63. The van der Waals surface area contributed by atoms with Gasteiger partial charge in [-0.15, -0.1) is 0 Å². The molecule has 14 heteroatoms. The maximum Gasteiger partial charge on any atom is 0.277 e. The monoisotopic (exact) mass is 603 g/mol. The zero-order chi connectivity index (χ0) is 30.6. The molecule has 13 nitrogen and oxygen atoms in total. The number of hydrogen-bond donors (Lipinski definition) is 3. The first-order chi connectivity index (χ1) is 21.4. The number of aryl methyl sites for hydroxylation is 1. The summed E-state index contributed by atoms with van der Waals surface area (Å²) in [5.74, 6) is 1.55. The summed E-state index contributed by atoms with van der Waals surface area (Å²) in [5, 5.41) is 15.7. The van der Waals surface area contributed by atoms with Crippen LogP contribution in [0.4, 0.5) is 16.0 Å². The summed E-state index contributed by atoms with van der Waals surface area (Å²) in [4.78, 5) is 32.9. The van der Waals surface area contributed by atoms with E-state index in [1.54, 1.807) is 50.0 Å². The number of nitrogens with one attached hydrogen (secondary N) is 2. The van der Waals surface area contributed by atoms with Gasteiger partial charge in [-0.05, 0) is 30.7 Å². The van der Waals surface area contributed by atoms with Crippen molar-refractivity contribution in [1.82, 2.24) is 39.0 Å². The molecule has 44 heavy (non-hydrogen) atoms. The van der Waals surface area contributed by atoms with Crippen LogP contribution < -0.4 is 15.6 Å². The number of imidazole rings is 1. The van der Waals surface area contributed by atoms with Crippen molar-refractivity contribution in [2.75, 3.05) is 51.4 Å². The van der Waals surface area contributed by atoms with Crippen LogP contribution in [0.2, 0.25) is 0 Å². The van der Waals surface area contributed by atoms with E-state index in [0.717, 1.165) is 13.1 Å². The number of aliphatic hydroxyl groups is 1. The van der Waals surface area contributed by atoms with Gasteiger partial charge in [0.1, 0.15) is 29.6 Å². The second kappa shape index (κ2) is 12.9. The minimum absolute atomic E-state index is 0.00160. The van der Waals surface area contributed by atoms with Gasteiger partial charge in [-0.1, -0.05) is 6.92 Å². The Hall–Kier alpha value is -4.66. The van der Waals surface area contributed by atoms with Gasteiger partial charge in [0.05, 0.1) is 36.8 Å². The van der Waals surface area contributed by atoms with Crippen molar-refractivity contribution in [3.05, 3.63) is 71.0 Å². The van der Waals surface area contributed by atoms with Crippen LogP contribution in [-0.2, 0) is 11.8 Å². The van der Waals surface area contributed by atoms with Gasteiger partial charge in [-0.25, -0.2) is 24.3 Å². The van der Waals surface area contributed by atoms with Crippen LogP contribution in [0.15, 0.2) is 53.8 Å². The third-order valence-corrected chi connectivity index (χ3v) is 7.62. The number of H-pyrrole nitrogens is 1. The zero-order valence-electron chi connectivity index (χ0n) is 24.5. The maximum atomic E-state index is 14.8. The number of benzene rings is 1. The van der Waals surface area contributed by atoms with Crippen LogP contribution in [0.25, 0.3) is 28.2 Å². The largest absolute Gasteiger partial charge is 0.489 e. The Morgan fingerprint density at radius 3 is 2.80 bits per heavy atom. The zero-order valence-corrected chi connectivity index (χ0v) is 24.5. The quantitative estimate of drug-likeness (QED) is 0.206. The number of fused-ring (bicyclic) bond motifs is 1. The third kappa shape index (κ3) is 6.18. The molecule has 6 rings (SSSR count). The number of aromatic amines is 1. The average molecular weight is 604 g/mol. The molecule has 0 radical (unpaired) electrons. The van der Waals surface area contributed by atoms with Crippen molar-refractivity contribution in [2.24, 2.45) is 7.05 Å². The Balaban J connectivity index is 1.29. The molecule has 3 N–H and O–H groups in total. The lowest BCUT2D eigenvalue weighted by atomic mass is 10.1. The molecular formula is C30H34FN9O4. The fourth-order valence-electron chi connectivity index (χ4n) is 5.14. The summed E-state index contributed by atoms with van der Waals surface area (Å²) >= 11 is 0. The maximum absolute atomic E-state index is 14.8. The van der Waals surface area contributed by atoms with Crippen molar-refractivity contribution >= 4 is 17.2 Å². The molecule has 1 unspecified atom stereocenters. The Morgan fingerprint density at radius 1 is 1.18 bits per heavy atom. The van der Waals surface area contributed by atoms with Crippen LogP contribution in [0.1, 0.15) is 25.1 Å². The second-order valence-electron chi connectivity index (χ2n) is 10.6. The third-order valence-electron chi connectivity index (χ3n) is 7.62. The van der Waals surface area contributed by atoms with Gasteiger partial charge in [0.15, 0.2) is 17.4 Å². The van der Waals surface area contributed by atoms with E-state index >= 15 is 0 Å². The molecule has 1 fully saturated rings. The first kappa shape index (κ1) is 29.4. The van der Waals surface area contributed by atoms with E-state index in [4.69, 9.17) is 14.5 Å². The highest BCUT2D eigenvalue weighted by Gasteiger charge is 2.20. The number of ether oxygens (including phenoxy) is 2. The van der Waals surface area contributed by atoms with Crippen molar-refractivity contribution in [3.8, 4) is 28.4 Å². The molecular weight excluding hydrogens is 569 g/mol. The standard InChI is InChI=1S/C30H34FN9O4/c1-19(6-11-41)29-37-27(20-3-4-22(31)24(15-20)44-14-10-39-8-12-43-13-9-39)23-17-33-26(18-40(23)29)35-25-5-7-32-28(36-25)21-16-34-38(2)30(21)42/h3-5,7,15-19,34,41H,6,8-14H2,1-2H3,(H,32,35,36). The topological polar surface area (TPSA) is 148 Å². The summed E-state index contributed by atoms with van der Waals surface area (Å²) in [6.07, 6.45) is 7.11. The fourth-order valence-corrected chi connectivity index (χ4v) is 5.14. The molecule has 1 aliphatic heterocycles. The van der Waals surface area contributed by atoms with Crippen molar-refractivity contribution in [1.29, 1.82) is 0 Å². The summed E-state index contributed by atoms with van der Waals surface area (Å²) in [7, 11) is 1.62. The lowest BCUT2D eigenvalue weighted by molar-refractivity contribution is 0.0320. The minimum Gasteiger partial charge on any atom is -0.489 e. The molecule has 0 amide bonds. The highest BCUT2D eigenvalue weighted by molar-refractivity contribution is 5.78. The van der Waals surface area contributed by atoms with Gasteiger partial charge in [-0.2, -0.15) is 0 Å². The van der Waals surface area contributed by atoms with Crippen LogP contribution in [0.3, 0.4) is 0 Å².